The van der Waals surface area contributed by atoms with Gasteiger partial charge in [0.25, 0.3) is 11.1 Å². The molecule has 0 aliphatic carbocycles. The van der Waals surface area contributed by atoms with Gasteiger partial charge in [-0.15, -0.1) is 0 Å². The molecule has 1 aliphatic rings. The number of halogens is 1. The summed E-state index contributed by atoms with van der Waals surface area (Å²) in [7, 11) is 0. The predicted octanol–water partition coefficient (Wildman–Crippen LogP) is 3.83. The average Bonchev–Trinajstić information content (AvgIpc) is 2.96. The molecule has 3 amide bonds. The maximum Gasteiger partial charge on any atom is 0.293 e. The third-order valence-electron chi connectivity index (χ3n) is 4.30. The van der Waals surface area contributed by atoms with Crippen LogP contribution in [0.4, 0.5) is 4.79 Å². The Balaban J connectivity index is 1.49. The Labute approximate surface area is 177 Å². The number of hydrogen-bond acceptors (Lipinski definition) is 5. The van der Waals surface area contributed by atoms with Gasteiger partial charge in [-0.05, 0) is 53.6 Å². The van der Waals surface area contributed by atoms with Gasteiger partial charge in [0, 0.05) is 24.5 Å². The molecular weight excluding hydrogens is 412 g/mol. The molecule has 1 heterocycles. The van der Waals surface area contributed by atoms with Gasteiger partial charge in [0.15, 0.2) is 0 Å². The standard InChI is InChI=1S/C21H19ClN2O4S/c22-17-4-2-1-3-15(17)13-18-20(27)24(21(28)29-18)12-10-19(26)23-11-9-14-5-7-16(25)8-6-14/h1-8,13,25H,9-12H2,(H,23,26). The first-order chi connectivity index (χ1) is 13.9. The van der Waals surface area contributed by atoms with Crippen molar-refractivity contribution in [3.63, 3.8) is 0 Å². The van der Waals surface area contributed by atoms with Crippen LogP contribution in [0.5, 0.6) is 5.75 Å². The number of nitrogens with one attached hydrogen (secondary N) is 1. The molecule has 1 aliphatic heterocycles. The van der Waals surface area contributed by atoms with Crippen LogP contribution < -0.4 is 5.32 Å². The van der Waals surface area contributed by atoms with Gasteiger partial charge in [-0.3, -0.25) is 19.3 Å². The lowest BCUT2D eigenvalue weighted by atomic mass is 10.1. The van der Waals surface area contributed by atoms with E-state index in [4.69, 9.17) is 11.6 Å². The lowest BCUT2D eigenvalue weighted by Gasteiger charge is -2.12. The number of phenols is 1. The topological polar surface area (TPSA) is 86.7 Å². The number of phenolic OH excluding ortho intramolecular Hbond substituents is 1. The molecule has 0 spiro atoms. The van der Waals surface area contributed by atoms with Gasteiger partial charge in [0.2, 0.25) is 5.91 Å². The number of carbonyl (C=O) groups is 3. The number of thioether (sulfide) groups is 1. The van der Waals surface area contributed by atoms with E-state index in [0.717, 1.165) is 22.2 Å². The molecule has 0 saturated carbocycles. The van der Waals surface area contributed by atoms with Crippen LogP contribution >= 0.6 is 23.4 Å². The fraction of sp³-hybridized carbons (Fsp3) is 0.190. The number of rotatable bonds is 7. The summed E-state index contributed by atoms with van der Waals surface area (Å²) in [5, 5.41) is 12.1. The Morgan fingerprint density at radius 3 is 2.59 bits per heavy atom. The summed E-state index contributed by atoms with van der Waals surface area (Å²) in [6.07, 6.45) is 2.24. The van der Waals surface area contributed by atoms with E-state index in [-0.39, 0.29) is 29.5 Å². The van der Waals surface area contributed by atoms with E-state index in [1.807, 2.05) is 0 Å². The average molecular weight is 431 g/mol. The third kappa shape index (κ3) is 5.62. The second kappa shape index (κ2) is 9.62. The summed E-state index contributed by atoms with van der Waals surface area (Å²) in [6, 6.07) is 13.8. The summed E-state index contributed by atoms with van der Waals surface area (Å²) in [5.41, 5.74) is 1.64. The maximum atomic E-state index is 12.5. The van der Waals surface area contributed by atoms with Crippen molar-refractivity contribution >= 4 is 46.5 Å². The van der Waals surface area contributed by atoms with Crippen LogP contribution in [0, 0.1) is 0 Å². The highest BCUT2D eigenvalue weighted by molar-refractivity contribution is 8.18. The Bertz CT molecular complexity index is 959. The van der Waals surface area contributed by atoms with Gasteiger partial charge in [0.1, 0.15) is 5.75 Å². The van der Waals surface area contributed by atoms with Crippen molar-refractivity contribution in [2.24, 2.45) is 0 Å². The highest BCUT2D eigenvalue weighted by Crippen LogP contribution is 2.33. The van der Waals surface area contributed by atoms with E-state index >= 15 is 0 Å². The number of aromatic hydroxyl groups is 1. The van der Waals surface area contributed by atoms with Gasteiger partial charge in [-0.2, -0.15) is 0 Å². The monoisotopic (exact) mass is 430 g/mol. The van der Waals surface area contributed by atoms with Crippen molar-refractivity contribution in [1.82, 2.24) is 10.2 Å². The van der Waals surface area contributed by atoms with Crippen LogP contribution in [-0.2, 0) is 16.0 Å². The molecule has 0 unspecified atom stereocenters. The highest BCUT2D eigenvalue weighted by atomic mass is 35.5. The molecule has 1 saturated heterocycles. The van der Waals surface area contributed by atoms with Crippen LogP contribution in [-0.4, -0.2) is 40.1 Å². The second-order valence-corrected chi connectivity index (χ2v) is 7.77. The van der Waals surface area contributed by atoms with E-state index in [1.54, 1.807) is 54.6 Å². The van der Waals surface area contributed by atoms with Crippen LogP contribution in [0.25, 0.3) is 6.08 Å². The fourth-order valence-electron chi connectivity index (χ4n) is 2.74. The first kappa shape index (κ1) is 21.0. The third-order valence-corrected chi connectivity index (χ3v) is 5.55. The van der Waals surface area contributed by atoms with Gasteiger partial charge >= 0.3 is 0 Å². The lowest BCUT2D eigenvalue weighted by molar-refractivity contribution is -0.124. The summed E-state index contributed by atoms with van der Waals surface area (Å²) < 4.78 is 0. The minimum absolute atomic E-state index is 0.0234. The zero-order chi connectivity index (χ0) is 20.8. The molecule has 6 nitrogen and oxygen atoms in total. The predicted molar refractivity (Wildman–Crippen MR) is 114 cm³/mol. The first-order valence-electron chi connectivity index (χ1n) is 8.98. The largest absolute Gasteiger partial charge is 0.508 e. The normalized spacial score (nSPS) is 15.2. The van der Waals surface area contributed by atoms with Crippen LogP contribution in [0.3, 0.4) is 0 Å². The fourth-order valence-corrected chi connectivity index (χ4v) is 3.78. The zero-order valence-electron chi connectivity index (χ0n) is 15.4. The molecule has 0 atom stereocenters. The van der Waals surface area contributed by atoms with Crippen LogP contribution in [0.1, 0.15) is 17.5 Å². The van der Waals surface area contributed by atoms with Gasteiger partial charge in [-0.1, -0.05) is 41.9 Å². The minimum atomic E-state index is -0.420. The molecule has 150 valence electrons. The van der Waals surface area contributed by atoms with Gasteiger partial charge in [-0.25, -0.2) is 0 Å². The highest BCUT2D eigenvalue weighted by Gasteiger charge is 2.35. The maximum absolute atomic E-state index is 12.5. The molecule has 3 rings (SSSR count). The van der Waals surface area contributed by atoms with Gasteiger partial charge < -0.3 is 10.4 Å². The second-order valence-electron chi connectivity index (χ2n) is 6.37. The van der Waals surface area contributed by atoms with E-state index < -0.39 is 11.1 Å². The summed E-state index contributed by atoms with van der Waals surface area (Å²) >= 11 is 6.94. The number of benzene rings is 2. The molecule has 1 fully saturated rings. The van der Waals surface area contributed by atoms with Crippen molar-refractivity contribution in [3.8, 4) is 5.75 Å². The number of amides is 3. The Morgan fingerprint density at radius 2 is 1.86 bits per heavy atom. The van der Waals surface area contributed by atoms with E-state index in [9.17, 15) is 19.5 Å². The summed E-state index contributed by atoms with van der Waals surface area (Å²) in [5.74, 6) is -0.465. The van der Waals surface area contributed by atoms with Crippen LogP contribution in [0.2, 0.25) is 5.02 Å². The summed E-state index contributed by atoms with van der Waals surface area (Å²) in [6.45, 7) is 0.452. The molecule has 0 aromatic heterocycles. The van der Waals surface area contributed by atoms with Crippen molar-refractivity contribution < 1.29 is 19.5 Å². The van der Waals surface area contributed by atoms with E-state index in [2.05, 4.69) is 5.32 Å². The number of carbonyl (C=O) groups excluding carboxylic acids is 3. The molecule has 2 N–H and O–H groups in total. The van der Waals surface area contributed by atoms with Crippen molar-refractivity contribution in [2.75, 3.05) is 13.1 Å². The Hall–Kier alpha value is -2.77. The number of nitrogens with zero attached hydrogens (tertiary/aromatic N) is 1. The zero-order valence-corrected chi connectivity index (χ0v) is 17.0. The number of hydrogen-bond donors (Lipinski definition) is 2. The Kier molecular flexibility index (Phi) is 6.95. The summed E-state index contributed by atoms with van der Waals surface area (Å²) in [4.78, 5) is 38.0. The molecule has 0 radical (unpaired) electrons. The smallest absolute Gasteiger partial charge is 0.293 e. The van der Waals surface area contributed by atoms with Gasteiger partial charge in [0.05, 0.1) is 4.91 Å². The van der Waals surface area contributed by atoms with Crippen molar-refractivity contribution in [2.45, 2.75) is 12.8 Å². The number of imide groups is 1. The molecule has 8 heteroatoms. The van der Waals surface area contributed by atoms with Crippen molar-refractivity contribution in [3.05, 3.63) is 69.6 Å². The lowest BCUT2D eigenvalue weighted by Crippen LogP contribution is -2.34. The minimum Gasteiger partial charge on any atom is -0.508 e. The van der Waals surface area contributed by atoms with E-state index in [1.165, 1.54) is 0 Å². The Morgan fingerprint density at radius 1 is 1.14 bits per heavy atom. The SMILES string of the molecule is O=C(CCN1C(=O)SC(=Cc2ccccc2Cl)C1=O)NCCc1ccc(O)cc1. The van der Waals surface area contributed by atoms with Crippen molar-refractivity contribution in [1.29, 1.82) is 0 Å². The molecule has 0 bridgehead atoms. The quantitative estimate of drug-likeness (QED) is 0.652. The molecule has 29 heavy (non-hydrogen) atoms. The molecular formula is C21H19ClN2O4S. The van der Waals surface area contributed by atoms with E-state index in [0.29, 0.717) is 23.6 Å². The van der Waals surface area contributed by atoms with Crippen LogP contribution in [0.15, 0.2) is 53.4 Å². The molecule has 2 aromatic rings. The first-order valence-corrected chi connectivity index (χ1v) is 10.2. The molecule has 2 aromatic carbocycles.